The molecule has 3 aromatic rings. The molecule has 2 saturated heterocycles. The van der Waals surface area contributed by atoms with Crippen LogP contribution in [0.25, 0.3) is 11.0 Å². The lowest BCUT2D eigenvalue weighted by atomic mass is 9.93. The number of pyridine rings is 1. The van der Waals surface area contributed by atoms with Crippen LogP contribution in [0.1, 0.15) is 67.8 Å². The van der Waals surface area contributed by atoms with Gasteiger partial charge >= 0.3 is 5.97 Å². The zero-order chi connectivity index (χ0) is 31.4. The van der Waals surface area contributed by atoms with Crippen molar-refractivity contribution in [1.29, 1.82) is 5.41 Å². The van der Waals surface area contributed by atoms with Gasteiger partial charge in [-0.05, 0) is 101 Å². The number of nitrogens with one attached hydrogen (secondary N) is 2. The van der Waals surface area contributed by atoms with Crippen LogP contribution in [0.3, 0.4) is 0 Å². The molecule has 10 nitrogen and oxygen atoms in total. The molecule has 45 heavy (non-hydrogen) atoms. The first-order valence-electron chi connectivity index (χ1n) is 15.7. The van der Waals surface area contributed by atoms with Crippen LogP contribution in [0.15, 0.2) is 72.1 Å². The number of allylic oxidation sites excluding steroid dienone is 2. The Morgan fingerprint density at radius 1 is 1.16 bits per heavy atom. The molecule has 1 aromatic carbocycles. The van der Waals surface area contributed by atoms with Crippen LogP contribution in [-0.4, -0.2) is 69.6 Å². The summed E-state index contributed by atoms with van der Waals surface area (Å²) in [7, 11) is 0. The fraction of sp³-hybridized carbons (Fsp3) is 0.429. The number of hydrogen-bond donors (Lipinski definition) is 2. The highest BCUT2D eigenvalue weighted by Crippen LogP contribution is 2.30. The minimum absolute atomic E-state index is 0.167. The number of likely N-dealkylation sites (tertiary alicyclic amines) is 1. The fourth-order valence-corrected chi connectivity index (χ4v) is 5.89. The van der Waals surface area contributed by atoms with E-state index in [9.17, 15) is 4.79 Å². The van der Waals surface area contributed by atoms with Gasteiger partial charge in [0.05, 0.1) is 35.8 Å². The molecule has 0 aliphatic carbocycles. The molecule has 2 fully saturated rings. The second-order valence-corrected chi connectivity index (χ2v) is 12.9. The Labute approximate surface area is 264 Å². The molecule has 2 aromatic heterocycles. The molecule has 5 heterocycles. The number of dihydropyridines is 1. The van der Waals surface area contributed by atoms with E-state index in [-0.39, 0.29) is 12.1 Å². The molecule has 0 spiro atoms. The summed E-state index contributed by atoms with van der Waals surface area (Å²) in [5.41, 5.74) is 4.74. The Kier molecular flexibility index (Phi) is 9.14. The predicted octanol–water partition coefficient (Wildman–Crippen LogP) is 5.51. The Hall–Kier alpha value is -4.28. The van der Waals surface area contributed by atoms with Gasteiger partial charge in [-0.1, -0.05) is 6.07 Å². The van der Waals surface area contributed by atoms with E-state index in [4.69, 9.17) is 29.6 Å². The zero-order valence-electron chi connectivity index (χ0n) is 26.3. The van der Waals surface area contributed by atoms with E-state index in [2.05, 4.69) is 20.9 Å². The van der Waals surface area contributed by atoms with E-state index in [1.165, 1.54) is 6.21 Å². The minimum Gasteiger partial charge on any atom is -0.473 e. The van der Waals surface area contributed by atoms with Gasteiger partial charge in [-0.15, -0.1) is 0 Å². The van der Waals surface area contributed by atoms with Gasteiger partial charge in [0.25, 0.3) is 0 Å². The summed E-state index contributed by atoms with van der Waals surface area (Å²) in [5.74, 6) is 1.66. The Bertz CT molecular complexity index is 1640. The number of benzene rings is 1. The van der Waals surface area contributed by atoms with Crippen molar-refractivity contribution in [3.63, 3.8) is 0 Å². The molecular weight excluding hydrogens is 568 g/mol. The average Bonchev–Trinajstić information content (AvgIpc) is 3.33. The van der Waals surface area contributed by atoms with Crippen molar-refractivity contribution < 1.29 is 19.0 Å². The summed E-state index contributed by atoms with van der Waals surface area (Å²) in [5, 5.41) is 10.4. The molecule has 6 rings (SSSR count). The smallest absolute Gasteiger partial charge is 0.338 e. The van der Waals surface area contributed by atoms with Gasteiger partial charge in [0, 0.05) is 42.4 Å². The van der Waals surface area contributed by atoms with E-state index in [1.807, 2.05) is 63.4 Å². The molecule has 1 unspecified atom stereocenters. The number of piperidine rings is 1. The number of nitrogens with zero attached hydrogens (tertiary/aromatic N) is 4. The van der Waals surface area contributed by atoms with Crippen LogP contribution in [-0.2, 0) is 22.6 Å². The molecule has 1 atom stereocenters. The van der Waals surface area contributed by atoms with Crippen LogP contribution in [0.2, 0.25) is 0 Å². The van der Waals surface area contributed by atoms with Gasteiger partial charge in [-0.3, -0.25) is 4.90 Å². The fourth-order valence-electron chi connectivity index (χ4n) is 5.89. The molecular formula is C35H42N6O4. The first-order valence-corrected chi connectivity index (χ1v) is 15.7. The second-order valence-electron chi connectivity index (χ2n) is 12.9. The number of fused-ring (bicyclic) bond motifs is 1. The molecule has 0 saturated carbocycles. The summed E-state index contributed by atoms with van der Waals surface area (Å²) in [4.78, 5) is 25.2. The number of rotatable bonds is 10. The maximum atomic E-state index is 12.8. The monoisotopic (exact) mass is 610 g/mol. The summed E-state index contributed by atoms with van der Waals surface area (Å²) in [6, 6.07) is 11.7. The maximum Gasteiger partial charge on any atom is 0.338 e. The number of carbonyl (C=O) groups excluding carboxylic acids is 1. The highest BCUT2D eigenvalue weighted by atomic mass is 16.6. The van der Waals surface area contributed by atoms with Crippen molar-refractivity contribution in [2.24, 2.45) is 0 Å². The van der Waals surface area contributed by atoms with Crippen molar-refractivity contribution in [3.05, 3.63) is 89.2 Å². The average molecular weight is 611 g/mol. The van der Waals surface area contributed by atoms with E-state index in [0.29, 0.717) is 24.0 Å². The lowest BCUT2D eigenvalue weighted by Gasteiger charge is -2.32. The van der Waals surface area contributed by atoms with Crippen LogP contribution in [0.4, 0.5) is 0 Å². The van der Waals surface area contributed by atoms with Crippen molar-refractivity contribution in [2.75, 3.05) is 26.3 Å². The predicted molar refractivity (Wildman–Crippen MR) is 173 cm³/mol. The van der Waals surface area contributed by atoms with E-state index in [0.717, 1.165) is 85.9 Å². The van der Waals surface area contributed by atoms with Gasteiger partial charge in [-0.2, -0.15) is 0 Å². The van der Waals surface area contributed by atoms with Gasteiger partial charge in [-0.25, -0.2) is 14.8 Å². The van der Waals surface area contributed by atoms with Gasteiger partial charge in [0.1, 0.15) is 18.0 Å². The standard InChI is InChI=1S/C35H42N6O4/c1-35(2,3)45-34(42)26-7-8-30-31(20-26)41(21-28-13-18-43-28)32(38-30)22-40-16-11-25(12-17-40)29-5-4-6-33(39-29)44-23-24-10-15-37-27(19-24)9-14-36/h4-10,14-15,19-20,25,28,36-37H,11-13,16-18,21-23H2,1-3H3/b27-9-,36-14?. The SMILES string of the molecule is CC(C)(C)OC(=O)c1ccc2nc(CN3CCC(c4cccc(OCC5=C/C(=C/C=N)NC=C5)n4)CC3)n(CC3CCO3)c2c1. The number of imidazole rings is 1. The molecule has 10 heteroatoms. The quantitative estimate of drug-likeness (QED) is 0.228. The van der Waals surface area contributed by atoms with Crippen molar-refractivity contribution in [2.45, 2.75) is 70.7 Å². The van der Waals surface area contributed by atoms with Crippen molar-refractivity contribution in [1.82, 2.24) is 24.8 Å². The molecule has 236 valence electrons. The highest BCUT2D eigenvalue weighted by Gasteiger charge is 2.27. The zero-order valence-corrected chi connectivity index (χ0v) is 26.3. The molecule has 0 bridgehead atoms. The van der Waals surface area contributed by atoms with E-state index < -0.39 is 5.60 Å². The van der Waals surface area contributed by atoms with Gasteiger partial charge < -0.3 is 29.5 Å². The first kappa shape index (κ1) is 30.7. The number of esters is 1. The summed E-state index contributed by atoms with van der Waals surface area (Å²) in [6.45, 7) is 10.2. The summed E-state index contributed by atoms with van der Waals surface area (Å²) in [6.07, 6.45) is 12.0. The maximum absolute atomic E-state index is 12.8. The second kappa shape index (κ2) is 13.4. The van der Waals surface area contributed by atoms with Crippen molar-refractivity contribution in [3.8, 4) is 5.88 Å². The van der Waals surface area contributed by atoms with E-state index >= 15 is 0 Å². The Morgan fingerprint density at radius 2 is 1.98 bits per heavy atom. The van der Waals surface area contributed by atoms with Gasteiger partial charge in [0.15, 0.2) is 0 Å². The largest absolute Gasteiger partial charge is 0.473 e. The van der Waals surface area contributed by atoms with Crippen LogP contribution >= 0.6 is 0 Å². The molecule has 3 aliphatic rings. The summed E-state index contributed by atoms with van der Waals surface area (Å²) >= 11 is 0. The molecule has 0 amide bonds. The minimum atomic E-state index is -0.556. The topological polar surface area (TPSA) is 115 Å². The molecule has 3 aliphatic heterocycles. The normalized spacial score (nSPS) is 20.0. The number of carbonyl (C=O) groups is 1. The third kappa shape index (κ3) is 7.69. The lowest BCUT2D eigenvalue weighted by molar-refractivity contribution is -0.0592. The lowest BCUT2D eigenvalue weighted by Crippen LogP contribution is -2.35. The third-order valence-corrected chi connectivity index (χ3v) is 8.30. The summed E-state index contributed by atoms with van der Waals surface area (Å²) < 4.78 is 19.7. The van der Waals surface area contributed by atoms with Crippen LogP contribution in [0.5, 0.6) is 5.88 Å². The first-order chi connectivity index (χ1) is 21.7. The van der Waals surface area contributed by atoms with Crippen molar-refractivity contribution >= 4 is 23.2 Å². The number of aromatic nitrogens is 3. The highest BCUT2D eigenvalue weighted by molar-refractivity contribution is 5.94. The van der Waals surface area contributed by atoms with Crippen LogP contribution in [0, 0.1) is 5.41 Å². The Balaban J connectivity index is 1.10. The van der Waals surface area contributed by atoms with Crippen LogP contribution < -0.4 is 10.1 Å². The third-order valence-electron chi connectivity index (χ3n) is 8.30. The number of ether oxygens (including phenoxy) is 3. The Morgan fingerprint density at radius 3 is 2.71 bits per heavy atom. The molecule has 0 radical (unpaired) electrons. The number of hydrogen-bond acceptors (Lipinski definition) is 9. The van der Waals surface area contributed by atoms with E-state index in [1.54, 1.807) is 12.1 Å². The van der Waals surface area contributed by atoms with Gasteiger partial charge in [0.2, 0.25) is 5.88 Å². The molecule has 2 N–H and O–H groups in total.